The van der Waals surface area contributed by atoms with Gasteiger partial charge < -0.3 is 5.73 Å². The van der Waals surface area contributed by atoms with Gasteiger partial charge in [-0.3, -0.25) is 0 Å². The Bertz CT molecular complexity index is 405. The summed E-state index contributed by atoms with van der Waals surface area (Å²) >= 11 is 1.49. The van der Waals surface area contributed by atoms with E-state index < -0.39 is 0 Å². The predicted molar refractivity (Wildman–Crippen MR) is 54.1 cm³/mol. The molecule has 0 unspecified atom stereocenters. The third kappa shape index (κ3) is 1.70. The highest BCUT2D eigenvalue weighted by atomic mass is 32.1. The highest BCUT2D eigenvalue weighted by Gasteiger charge is 1.99. The van der Waals surface area contributed by atoms with Crippen LogP contribution in [-0.2, 0) is 0 Å². The van der Waals surface area contributed by atoms with Gasteiger partial charge in [-0.2, -0.15) is 0 Å². The monoisotopic (exact) mass is 193 g/mol. The van der Waals surface area contributed by atoms with Crippen LogP contribution in [0, 0.1) is 5.82 Å². The maximum Gasteiger partial charge on any atom is 0.123 e. The fraction of sp³-hybridized carbons (Fsp3) is 0. The highest BCUT2D eigenvalue weighted by molar-refractivity contribution is 7.14. The van der Waals surface area contributed by atoms with E-state index in [0.29, 0.717) is 0 Å². The van der Waals surface area contributed by atoms with E-state index in [9.17, 15) is 4.39 Å². The van der Waals surface area contributed by atoms with Crippen LogP contribution in [0.3, 0.4) is 0 Å². The Hall–Kier alpha value is -1.35. The smallest absolute Gasteiger partial charge is 0.123 e. The standard InChI is InChI=1S/C10H8FNS/c11-9-3-1-7(2-4-9)8-5-10(12)13-6-8/h1-6H,12H2. The number of nitrogens with two attached hydrogens (primary N) is 1. The molecule has 2 aromatic rings. The maximum atomic E-state index is 12.6. The molecule has 0 aliphatic carbocycles. The molecule has 3 heteroatoms. The zero-order valence-electron chi connectivity index (χ0n) is 6.83. The molecule has 0 atom stereocenters. The van der Waals surface area contributed by atoms with Crippen LogP contribution in [0.4, 0.5) is 9.39 Å². The van der Waals surface area contributed by atoms with Gasteiger partial charge in [0.2, 0.25) is 0 Å². The van der Waals surface area contributed by atoms with Gasteiger partial charge in [-0.05, 0) is 29.3 Å². The lowest BCUT2D eigenvalue weighted by molar-refractivity contribution is 0.628. The molecule has 0 spiro atoms. The fourth-order valence-corrected chi connectivity index (χ4v) is 1.81. The Labute approximate surface area is 79.6 Å². The predicted octanol–water partition coefficient (Wildman–Crippen LogP) is 3.14. The van der Waals surface area contributed by atoms with Gasteiger partial charge >= 0.3 is 0 Å². The zero-order chi connectivity index (χ0) is 9.26. The molecule has 1 heterocycles. The number of rotatable bonds is 1. The number of thiophene rings is 1. The number of hydrogen-bond acceptors (Lipinski definition) is 2. The lowest BCUT2D eigenvalue weighted by Gasteiger charge is -1.95. The SMILES string of the molecule is Nc1cc(-c2ccc(F)cc2)cs1. The minimum Gasteiger partial charge on any atom is -0.391 e. The molecule has 0 amide bonds. The van der Waals surface area contributed by atoms with Gasteiger partial charge in [0.25, 0.3) is 0 Å². The zero-order valence-corrected chi connectivity index (χ0v) is 7.64. The van der Waals surface area contributed by atoms with Crippen molar-refractivity contribution in [3.05, 3.63) is 41.5 Å². The van der Waals surface area contributed by atoms with E-state index in [1.807, 2.05) is 11.4 Å². The first-order chi connectivity index (χ1) is 6.25. The summed E-state index contributed by atoms with van der Waals surface area (Å²) in [5.41, 5.74) is 7.63. The molecule has 0 bridgehead atoms. The minimum absolute atomic E-state index is 0.216. The van der Waals surface area contributed by atoms with E-state index in [4.69, 9.17) is 5.73 Å². The molecule has 66 valence electrons. The number of nitrogen functional groups attached to an aromatic ring is 1. The van der Waals surface area contributed by atoms with Crippen molar-refractivity contribution < 1.29 is 4.39 Å². The van der Waals surface area contributed by atoms with E-state index in [-0.39, 0.29) is 5.82 Å². The van der Waals surface area contributed by atoms with Crippen LogP contribution in [-0.4, -0.2) is 0 Å². The molecule has 0 fully saturated rings. The van der Waals surface area contributed by atoms with Crippen molar-refractivity contribution in [1.82, 2.24) is 0 Å². The molecule has 0 saturated heterocycles. The molecule has 13 heavy (non-hydrogen) atoms. The second-order valence-electron chi connectivity index (χ2n) is 2.74. The molecular formula is C10H8FNS. The maximum absolute atomic E-state index is 12.6. The average Bonchev–Trinajstić information content (AvgIpc) is 2.53. The largest absolute Gasteiger partial charge is 0.391 e. The summed E-state index contributed by atoms with van der Waals surface area (Å²) in [4.78, 5) is 0. The summed E-state index contributed by atoms with van der Waals surface area (Å²) in [5, 5.41) is 2.74. The number of hydrogen-bond donors (Lipinski definition) is 1. The van der Waals surface area contributed by atoms with Gasteiger partial charge in [-0.25, -0.2) is 4.39 Å². The van der Waals surface area contributed by atoms with Crippen LogP contribution in [0.5, 0.6) is 0 Å². The molecule has 0 aliphatic heterocycles. The molecule has 0 saturated carbocycles. The topological polar surface area (TPSA) is 26.0 Å². The van der Waals surface area contributed by atoms with Crippen LogP contribution in [0.15, 0.2) is 35.7 Å². The summed E-state index contributed by atoms with van der Waals surface area (Å²) in [6.45, 7) is 0. The third-order valence-electron chi connectivity index (χ3n) is 1.80. The second-order valence-corrected chi connectivity index (χ2v) is 3.69. The Kier molecular flexibility index (Phi) is 2.02. The van der Waals surface area contributed by atoms with E-state index in [0.717, 1.165) is 16.1 Å². The van der Waals surface area contributed by atoms with Crippen LogP contribution in [0.1, 0.15) is 0 Å². The first kappa shape index (κ1) is 8.26. The third-order valence-corrected chi connectivity index (χ3v) is 2.56. The molecule has 2 rings (SSSR count). The average molecular weight is 193 g/mol. The van der Waals surface area contributed by atoms with Gasteiger partial charge in [-0.15, -0.1) is 11.3 Å². The Morgan fingerprint density at radius 1 is 1.08 bits per heavy atom. The molecular weight excluding hydrogens is 185 g/mol. The number of halogens is 1. The Morgan fingerprint density at radius 2 is 1.77 bits per heavy atom. The highest BCUT2D eigenvalue weighted by Crippen LogP contribution is 2.26. The summed E-state index contributed by atoms with van der Waals surface area (Å²) in [7, 11) is 0. The lowest BCUT2D eigenvalue weighted by Crippen LogP contribution is -1.77. The van der Waals surface area contributed by atoms with Crippen molar-refractivity contribution in [2.24, 2.45) is 0 Å². The van der Waals surface area contributed by atoms with Gasteiger partial charge in [0.1, 0.15) is 5.82 Å². The van der Waals surface area contributed by atoms with Crippen molar-refractivity contribution in [2.75, 3.05) is 5.73 Å². The molecule has 0 aliphatic rings. The quantitative estimate of drug-likeness (QED) is 0.739. The molecule has 0 radical (unpaired) electrons. The van der Waals surface area contributed by atoms with Crippen molar-refractivity contribution in [3.8, 4) is 11.1 Å². The molecule has 2 N–H and O–H groups in total. The van der Waals surface area contributed by atoms with Crippen LogP contribution < -0.4 is 5.73 Å². The second kappa shape index (κ2) is 3.18. The van der Waals surface area contributed by atoms with Crippen molar-refractivity contribution >= 4 is 16.3 Å². The minimum atomic E-state index is -0.216. The van der Waals surface area contributed by atoms with Crippen molar-refractivity contribution in [2.45, 2.75) is 0 Å². The van der Waals surface area contributed by atoms with Crippen LogP contribution >= 0.6 is 11.3 Å². The normalized spacial score (nSPS) is 10.2. The van der Waals surface area contributed by atoms with E-state index in [1.165, 1.54) is 23.5 Å². The fourth-order valence-electron chi connectivity index (χ4n) is 1.15. The summed E-state index contributed by atoms with van der Waals surface area (Å²) < 4.78 is 12.6. The Balaban J connectivity index is 2.41. The first-order valence-electron chi connectivity index (χ1n) is 3.85. The molecule has 1 nitrogen and oxygen atoms in total. The lowest BCUT2D eigenvalue weighted by atomic mass is 10.1. The van der Waals surface area contributed by atoms with E-state index in [1.54, 1.807) is 12.1 Å². The van der Waals surface area contributed by atoms with Gasteiger partial charge in [-0.1, -0.05) is 12.1 Å². The summed E-state index contributed by atoms with van der Waals surface area (Å²) in [6.07, 6.45) is 0. The van der Waals surface area contributed by atoms with Gasteiger partial charge in [0.05, 0.1) is 5.00 Å². The summed E-state index contributed by atoms with van der Waals surface area (Å²) in [6, 6.07) is 8.28. The van der Waals surface area contributed by atoms with Gasteiger partial charge in [0, 0.05) is 5.38 Å². The number of benzene rings is 1. The molecule has 1 aromatic carbocycles. The van der Waals surface area contributed by atoms with Crippen LogP contribution in [0.2, 0.25) is 0 Å². The Morgan fingerprint density at radius 3 is 2.31 bits per heavy atom. The van der Waals surface area contributed by atoms with E-state index in [2.05, 4.69) is 0 Å². The van der Waals surface area contributed by atoms with Crippen molar-refractivity contribution in [1.29, 1.82) is 0 Å². The molecule has 1 aromatic heterocycles. The summed E-state index contributed by atoms with van der Waals surface area (Å²) in [5.74, 6) is -0.216. The van der Waals surface area contributed by atoms with E-state index >= 15 is 0 Å². The van der Waals surface area contributed by atoms with Gasteiger partial charge in [0.15, 0.2) is 0 Å². The number of anilines is 1. The first-order valence-corrected chi connectivity index (χ1v) is 4.73. The van der Waals surface area contributed by atoms with Crippen LogP contribution in [0.25, 0.3) is 11.1 Å². The van der Waals surface area contributed by atoms with Crippen molar-refractivity contribution in [3.63, 3.8) is 0 Å².